The Morgan fingerprint density at radius 1 is 1.47 bits per heavy atom. The van der Waals surface area contributed by atoms with E-state index < -0.39 is 5.97 Å². The van der Waals surface area contributed by atoms with Crippen molar-refractivity contribution < 1.29 is 14.7 Å². The van der Waals surface area contributed by atoms with Crippen LogP contribution in [0.25, 0.3) is 0 Å². The van der Waals surface area contributed by atoms with Gasteiger partial charge < -0.3 is 15.2 Å². The minimum absolute atomic E-state index is 0.00741. The van der Waals surface area contributed by atoms with Crippen molar-refractivity contribution in [2.45, 2.75) is 26.2 Å². The predicted molar refractivity (Wildman–Crippen MR) is 63.9 cm³/mol. The van der Waals surface area contributed by atoms with Crippen LogP contribution in [0.4, 0.5) is 5.69 Å². The molecule has 0 saturated carbocycles. The van der Waals surface area contributed by atoms with Gasteiger partial charge in [-0.3, -0.25) is 5.21 Å². The first-order valence-corrected chi connectivity index (χ1v) is 5.58. The van der Waals surface area contributed by atoms with Crippen LogP contribution in [-0.2, 0) is 4.74 Å². The van der Waals surface area contributed by atoms with Crippen LogP contribution < -0.4 is 5.23 Å². The Kier molecular flexibility index (Phi) is 5.45. The average Bonchev–Trinajstić information content (AvgIpc) is 2.34. The van der Waals surface area contributed by atoms with Crippen molar-refractivity contribution in [2.24, 2.45) is 0 Å². The Morgan fingerprint density at radius 2 is 2.24 bits per heavy atom. The molecule has 0 aliphatic heterocycles. The summed E-state index contributed by atoms with van der Waals surface area (Å²) >= 11 is 0. The number of rotatable bonds is 6. The van der Waals surface area contributed by atoms with Crippen molar-refractivity contribution in [3.63, 3.8) is 0 Å². The molecule has 0 aliphatic rings. The fourth-order valence-corrected chi connectivity index (χ4v) is 1.35. The van der Waals surface area contributed by atoms with E-state index >= 15 is 0 Å². The van der Waals surface area contributed by atoms with Gasteiger partial charge in [0.2, 0.25) is 0 Å². The van der Waals surface area contributed by atoms with E-state index in [0.717, 1.165) is 19.3 Å². The molecule has 0 unspecified atom stereocenters. The summed E-state index contributed by atoms with van der Waals surface area (Å²) < 4.78 is 5.02. The Labute approximate surface area is 100 Å². The van der Waals surface area contributed by atoms with Crippen molar-refractivity contribution >= 4 is 11.7 Å². The fraction of sp³-hybridized carbons (Fsp3) is 0.417. The molecule has 0 aliphatic carbocycles. The summed E-state index contributed by atoms with van der Waals surface area (Å²) in [4.78, 5) is 11.6. The van der Waals surface area contributed by atoms with Crippen molar-refractivity contribution in [1.29, 1.82) is 0 Å². The molecule has 0 atom stereocenters. The van der Waals surface area contributed by atoms with E-state index in [1.54, 1.807) is 0 Å². The van der Waals surface area contributed by atoms with Gasteiger partial charge in [-0.05, 0) is 24.6 Å². The second-order valence-corrected chi connectivity index (χ2v) is 3.67. The molecule has 0 saturated heterocycles. The average molecular weight is 238 g/mol. The van der Waals surface area contributed by atoms with E-state index in [9.17, 15) is 10.0 Å². The monoisotopic (exact) mass is 238 g/mol. The van der Waals surface area contributed by atoms with Gasteiger partial charge in [-0.1, -0.05) is 25.8 Å². The lowest BCUT2D eigenvalue weighted by molar-refractivity contribution is 0.0498. The van der Waals surface area contributed by atoms with E-state index in [0.29, 0.717) is 6.61 Å². The van der Waals surface area contributed by atoms with Crippen molar-refractivity contribution in [3.8, 4) is 0 Å². The highest BCUT2D eigenvalue weighted by molar-refractivity contribution is 5.90. The van der Waals surface area contributed by atoms with Gasteiger partial charge in [0.1, 0.15) is 0 Å². The molecule has 5 heteroatoms. The zero-order chi connectivity index (χ0) is 12.7. The van der Waals surface area contributed by atoms with Crippen LogP contribution in [0.1, 0.15) is 36.5 Å². The summed E-state index contributed by atoms with van der Waals surface area (Å²) in [6.45, 7) is 2.44. The van der Waals surface area contributed by atoms with Crippen LogP contribution in [0.2, 0.25) is 0 Å². The Morgan fingerprint density at radius 3 is 2.88 bits per heavy atom. The van der Waals surface area contributed by atoms with E-state index in [-0.39, 0.29) is 16.5 Å². The SMILES string of the molecule is CCCCCOC(=O)c1cccc(N([O-])O)c1. The number of carbonyl (C=O) groups is 1. The number of hydrogen-bond donors (Lipinski definition) is 1. The highest BCUT2D eigenvalue weighted by atomic mass is 16.8. The Balaban J connectivity index is 2.53. The van der Waals surface area contributed by atoms with E-state index in [1.165, 1.54) is 24.3 Å². The van der Waals surface area contributed by atoms with Crippen LogP contribution >= 0.6 is 0 Å². The van der Waals surface area contributed by atoms with Gasteiger partial charge >= 0.3 is 5.97 Å². The maximum atomic E-state index is 11.6. The fourth-order valence-electron chi connectivity index (χ4n) is 1.35. The third-order valence-electron chi connectivity index (χ3n) is 2.28. The molecule has 0 spiro atoms. The summed E-state index contributed by atoms with van der Waals surface area (Å²) in [6, 6.07) is 5.74. The topological polar surface area (TPSA) is 72.8 Å². The van der Waals surface area contributed by atoms with Gasteiger partial charge in [0.05, 0.1) is 17.9 Å². The molecule has 0 heterocycles. The summed E-state index contributed by atoms with van der Waals surface area (Å²) in [7, 11) is 0. The van der Waals surface area contributed by atoms with E-state index in [4.69, 9.17) is 9.94 Å². The lowest BCUT2D eigenvalue weighted by Gasteiger charge is -2.21. The third kappa shape index (κ3) is 4.42. The molecule has 5 nitrogen and oxygen atoms in total. The Bertz CT molecular complexity index is 365. The molecule has 1 rings (SSSR count). The number of ether oxygens (including phenoxy) is 1. The molecule has 1 aromatic rings. The summed E-state index contributed by atoms with van der Waals surface area (Å²) in [5.41, 5.74) is 0.266. The van der Waals surface area contributed by atoms with Gasteiger partial charge in [0.15, 0.2) is 0 Å². The van der Waals surface area contributed by atoms with Gasteiger partial charge in [0.25, 0.3) is 0 Å². The second-order valence-electron chi connectivity index (χ2n) is 3.67. The van der Waals surface area contributed by atoms with Gasteiger partial charge in [-0.25, -0.2) is 4.79 Å². The number of anilines is 1. The van der Waals surface area contributed by atoms with Crippen molar-refractivity contribution in [3.05, 3.63) is 35.0 Å². The molecule has 0 bridgehead atoms. The maximum absolute atomic E-state index is 11.6. The minimum atomic E-state index is -0.482. The standard InChI is InChI=1S/C12H16NO4/c1-2-3-4-8-17-12(14)10-6-5-7-11(9-10)13(15)16/h5-7,9,15H,2-4,8H2,1H3/q-1. The quantitative estimate of drug-likeness (QED) is 0.468. The number of hydrogen-bond acceptors (Lipinski definition) is 5. The van der Waals surface area contributed by atoms with Crippen LogP contribution in [0, 0.1) is 5.21 Å². The first kappa shape index (κ1) is 13.5. The van der Waals surface area contributed by atoms with Gasteiger partial charge in [-0.15, -0.1) is 0 Å². The van der Waals surface area contributed by atoms with E-state index in [1.807, 2.05) is 0 Å². The molecule has 1 N–H and O–H groups in total. The molecule has 0 radical (unpaired) electrons. The lowest BCUT2D eigenvalue weighted by atomic mass is 10.2. The first-order valence-electron chi connectivity index (χ1n) is 5.58. The number of carbonyl (C=O) groups excluding carboxylic acids is 1. The van der Waals surface area contributed by atoms with Crippen LogP contribution in [0.5, 0.6) is 0 Å². The zero-order valence-corrected chi connectivity index (χ0v) is 9.76. The molecule has 1 aromatic carbocycles. The normalized spacial score (nSPS) is 10.1. The summed E-state index contributed by atoms with van der Waals surface area (Å²) in [6.07, 6.45) is 2.90. The highest BCUT2D eigenvalue weighted by Crippen LogP contribution is 2.14. The van der Waals surface area contributed by atoms with Gasteiger partial charge in [-0.2, -0.15) is 0 Å². The predicted octanol–water partition coefficient (Wildman–Crippen LogP) is 2.73. The number of unbranched alkanes of at least 4 members (excludes halogenated alkanes) is 2. The molecule has 94 valence electrons. The third-order valence-corrected chi connectivity index (χ3v) is 2.28. The molecule has 17 heavy (non-hydrogen) atoms. The smallest absolute Gasteiger partial charge is 0.338 e. The Hall–Kier alpha value is -1.59. The number of benzene rings is 1. The van der Waals surface area contributed by atoms with Crippen LogP contribution in [0.15, 0.2) is 24.3 Å². The molecule has 0 aromatic heterocycles. The summed E-state index contributed by atoms with van der Waals surface area (Å²) in [5.74, 6) is -0.482. The minimum Gasteiger partial charge on any atom is -0.733 e. The van der Waals surface area contributed by atoms with Crippen LogP contribution in [0.3, 0.4) is 0 Å². The van der Waals surface area contributed by atoms with Gasteiger partial charge in [0, 0.05) is 0 Å². The van der Waals surface area contributed by atoms with Crippen molar-refractivity contribution in [1.82, 2.24) is 0 Å². The zero-order valence-electron chi connectivity index (χ0n) is 9.76. The second kappa shape index (κ2) is 6.88. The summed E-state index contributed by atoms with van der Waals surface area (Å²) in [5, 5.41) is 19.1. The molecular weight excluding hydrogens is 222 g/mol. The number of nitrogens with zero attached hydrogens (tertiary/aromatic N) is 1. The van der Waals surface area contributed by atoms with Crippen molar-refractivity contribution in [2.75, 3.05) is 11.8 Å². The van der Waals surface area contributed by atoms with Crippen LogP contribution in [-0.4, -0.2) is 17.8 Å². The lowest BCUT2D eigenvalue weighted by Crippen LogP contribution is -2.10. The first-order chi connectivity index (χ1) is 8.15. The molecule has 0 amide bonds. The van der Waals surface area contributed by atoms with E-state index in [2.05, 4.69) is 6.92 Å². The highest BCUT2D eigenvalue weighted by Gasteiger charge is 2.07. The molecule has 0 fully saturated rings. The molecular formula is C12H16NO4-. The largest absolute Gasteiger partial charge is 0.733 e. The number of esters is 1. The maximum Gasteiger partial charge on any atom is 0.338 e.